The Bertz CT molecular complexity index is 459. The molecule has 4 atom stereocenters. The summed E-state index contributed by atoms with van der Waals surface area (Å²) in [6.07, 6.45) is -0.123. The fourth-order valence-corrected chi connectivity index (χ4v) is 2.31. The summed E-state index contributed by atoms with van der Waals surface area (Å²) >= 11 is 0. The predicted molar refractivity (Wildman–Crippen MR) is 59.5 cm³/mol. The van der Waals surface area contributed by atoms with Crippen molar-refractivity contribution in [3.8, 4) is 0 Å². The highest BCUT2D eigenvalue weighted by Gasteiger charge is 2.42. The summed E-state index contributed by atoms with van der Waals surface area (Å²) in [5.41, 5.74) is 0.165. The molecule has 6 heteroatoms. The molecule has 17 heavy (non-hydrogen) atoms. The molecule has 1 aromatic rings. The van der Waals surface area contributed by atoms with Crippen molar-refractivity contribution in [1.29, 1.82) is 0 Å². The molecule has 1 heterocycles. The third-order valence-corrected chi connectivity index (χ3v) is 3.33. The van der Waals surface area contributed by atoms with Crippen LogP contribution in [0.1, 0.15) is 18.2 Å². The average molecular weight is 240 g/mol. The van der Waals surface area contributed by atoms with Gasteiger partial charge in [-0.1, -0.05) is 0 Å². The fourth-order valence-electron chi connectivity index (χ4n) is 2.31. The summed E-state index contributed by atoms with van der Waals surface area (Å²) in [6, 6.07) is 1.15. The van der Waals surface area contributed by atoms with E-state index in [1.54, 1.807) is 19.2 Å². The van der Waals surface area contributed by atoms with Crippen LogP contribution in [0.3, 0.4) is 0 Å². The van der Waals surface area contributed by atoms with Gasteiger partial charge in [-0.05, 0) is 19.4 Å². The van der Waals surface area contributed by atoms with Gasteiger partial charge in [0.25, 0.3) is 0 Å². The number of aryl methyl sites for hydroxylation is 1. The monoisotopic (exact) mass is 240 g/mol. The van der Waals surface area contributed by atoms with E-state index in [0.717, 1.165) is 0 Å². The van der Waals surface area contributed by atoms with Crippen LogP contribution in [0.15, 0.2) is 17.1 Å². The lowest BCUT2D eigenvalue weighted by Crippen LogP contribution is -2.35. The molecule has 0 aliphatic heterocycles. The Balaban J connectivity index is 2.32. The van der Waals surface area contributed by atoms with E-state index in [1.807, 2.05) is 0 Å². The van der Waals surface area contributed by atoms with Crippen molar-refractivity contribution in [2.24, 2.45) is 5.92 Å². The van der Waals surface area contributed by atoms with Crippen molar-refractivity contribution in [3.05, 3.63) is 28.4 Å². The van der Waals surface area contributed by atoms with Crippen LogP contribution in [0.4, 0.5) is 0 Å². The number of rotatable bonds is 2. The predicted octanol–water partition coefficient (Wildman–Crippen LogP) is -1.17. The maximum Gasteiger partial charge on any atom is 0.348 e. The van der Waals surface area contributed by atoms with Gasteiger partial charge in [-0.15, -0.1) is 0 Å². The summed E-state index contributed by atoms with van der Waals surface area (Å²) in [4.78, 5) is 15.5. The van der Waals surface area contributed by atoms with Crippen LogP contribution in [0, 0.1) is 12.8 Å². The first-order valence-corrected chi connectivity index (χ1v) is 5.57. The molecule has 0 radical (unpaired) electrons. The van der Waals surface area contributed by atoms with Crippen molar-refractivity contribution in [3.63, 3.8) is 0 Å². The molecule has 1 aliphatic rings. The normalized spacial score (nSPS) is 32.9. The Morgan fingerprint density at radius 2 is 2.18 bits per heavy atom. The zero-order valence-corrected chi connectivity index (χ0v) is 9.52. The zero-order valence-electron chi connectivity index (χ0n) is 9.52. The molecular formula is C11H16N2O4. The Hall–Kier alpha value is -1.24. The standard InChI is InChI=1S/C11H16N2O4/c1-6-2-3-13(11(17)12-6)8-4-7(5-14)9(15)10(8)16/h2-3,7-10,14-16H,4-5H2,1H3. The number of hydrogen-bond acceptors (Lipinski definition) is 5. The highest BCUT2D eigenvalue weighted by molar-refractivity contribution is 5.01. The van der Waals surface area contributed by atoms with Crippen molar-refractivity contribution in [2.75, 3.05) is 6.61 Å². The highest BCUT2D eigenvalue weighted by atomic mass is 16.3. The minimum Gasteiger partial charge on any atom is -0.396 e. The van der Waals surface area contributed by atoms with E-state index in [1.165, 1.54) is 4.57 Å². The van der Waals surface area contributed by atoms with Gasteiger partial charge in [-0.25, -0.2) is 4.79 Å². The van der Waals surface area contributed by atoms with Crippen molar-refractivity contribution >= 4 is 0 Å². The average Bonchev–Trinajstić information content (AvgIpc) is 2.57. The minimum atomic E-state index is -1.05. The van der Waals surface area contributed by atoms with Gasteiger partial charge in [-0.3, -0.25) is 4.57 Å². The quantitative estimate of drug-likeness (QED) is 0.605. The molecule has 1 aliphatic carbocycles. The first kappa shape index (κ1) is 12.2. The molecule has 1 aromatic heterocycles. The smallest absolute Gasteiger partial charge is 0.348 e. The van der Waals surface area contributed by atoms with E-state index in [-0.39, 0.29) is 6.61 Å². The zero-order chi connectivity index (χ0) is 12.6. The molecule has 6 nitrogen and oxygen atoms in total. The molecule has 1 fully saturated rings. The van der Waals surface area contributed by atoms with Gasteiger partial charge >= 0.3 is 5.69 Å². The third-order valence-electron chi connectivity index (χ3n) is 3.33. The van der Waals surface area contributed by atoms with Gasteiger partial charge in [0.1, 0.15) is 6.10 Å². The SMILES string of the molecule is Cc1ccn(C2CC(CO)C(O)C2O)c(=O)n1. The third kappa shape index (κ3) is 2.11. The molecule has 0 bridgehead atoms. The Morgan fingerprint density at radius 1 is 1.47 bits per heavy atom. The number of aromatic nitrogens is 2. The van der Waals surface area contributed by atoms with Gasteiger partial charge in [-0.2, -0.15) is 4.98 Å². The van der Waals surface area contributed by atoms with E-state index < -0.39 is 29.9 Å². The maximum absolute atomic E-state index is 11.7. The Kier molecular flexibility index (Phi) is 3.28. The summed E-state index contributed by atoms with van der Waals surface area (Å²) in [5.74, 6) is -0.400. The molecule has 4 unspecified atom stereocenters. The molecule has 0 spiro atoms. The van der Waals surface area contributed by atoms with E-state index in [9.17, 15) is 15.0 Å². The van der Waals surface area contributed by atoms with E-state index in [2.05, 4.69) is 4.98 Å². The fraction of sp³-hybridized carbons (Fsp3) is 0.636. The topological polar surface area (TPSA) is 95.6 Å². The first-order chi connectivity index (χ1) is 8.04. The molecule has 1 saturated carbocycles. The number of aliphatic hydroxyl groups excluding tert-OH is 3. The molecule has 0 aromatic carbocycles. The Labute approximate surface area is 98.2 Å². The van der Waals surface area contributed by atoms with Crippen molar-refractivity contribution in [1.82, 2.24) is 9.55 Å². The van der Waals surface area contributed by atoms with Crippen LogP contribution in [-0.4, -0.2) is 43.7 Å². The lowest BCUT2D eigenvalue weighted by Gasteiger charge is -2.18. The molecule has 0 saturated heterocycles. The molecule has 94 valence electrons. The highest BCUT2D eigenvalue weighted by Crippen LogP contribution is 2.34. The van der Waals surface area contributed by atoms with Crippen LogP contribution < -0.4 is 5.69 Å². The summed E-state index contributed by atoms with van der Waals surface area (Å²) in [6.45, 7) is 1.50. The lowest BCUT2D eigenvalue weighted by atomic mass is 10.1. The summed E-state index contributed by atoms with van der Waals surface area (Å²) < 4.78 is 1.32. The van der Waals surface area contributed by atoms with Gasteiger partial charge in [0.05, 0.1) is 12.1 Å². The number of hydrogen-bond donors (Lipinski definition) is 3. The molecule has 3 N–H and O–H groups in total. The minimum absolute atomic E-state index is 0.206. The Morgan fingerprint density at radius 3 is 2.71 bits per heavy atom. The second kappa shape index (κ2) is 4.56. The molecular weight excluding hydrogens is 224 g/mol. The van der Waals surface area contributed by atoms with Crippen LogP contribution in [0.2, 0.25) is 0 Å². The molecule has 2 rings (SSSR count). The van der Waals surface area contributed by atoms with Crippen LogP contribution in [0.25, 0.3) is 0 Å². The second-order valence-corrected chi connectivity index (χ2v) is 4.49. The van der Waals surface area contributed by atoms with Crippen LogP contribution in [-0.2, 0) is 0 Å². The maximum atomic E-state index is 11.7. The summed E-state index contributed by atoms with van der Waals surface area (Å²) in [7, 11) is 0. The van der Waals surface area contributed by atoms with Crippen molar-refractivity contribution in [2.45, 2.75) is 31.6 Å². The van der Waals surface area contributed by atoms with Gasteiger partial charge in [0.15, 0.2) is 0 Å². The molecule has 0 amide bonds. The van der Waals surface area contributed by atoms with Gasteiger partial charge in [0.2, 0.25) is 0 Å². The lowest BCUT2D eigenvalue weighted by molar-refractivity contribution is -0.00455. The van der Waals surface area contributed by atoms with E-state index in [0.29, 0.717) is 12.1 Å². The van der Waals surface area contributed by atoms with Gasteiger partial charge in [0, 0.05) is 24.4 Å². The van der Waals surface area contributed by atoms with E-state index >= 15 is 0 Å². The van der Waals surface area contributed by atoms with Crippen molar-refractivity contribution < 1.29 is 15.3 Å². The largest absolute Gasteiger partial charge is 0.396 e. The van der Waals surface area contributed by atoms with E-state index in [4.69, 9.17) is 5.11 Å². The summed E-state index contributed by atoms with van der Waals surface area (Å²) in [5, 5.41) is 28.6. The van der Waals surface area contributed by atoms with Crippen LogP contribution in [0.5, 0.6) is 0 Å². The van der Waals surface area contributed by atoms with Gasteiger partial charge < -0.3 is 15.3 Å². The first-order valence-electron chi connectivity index (χ1n) is 5.57. The number of nitrogens with zero attached hydrogens (tertiary/aromatic N) is 2. The second-order valence-electron chi connectivity index (χ2n) is 4.49. The van der Waals surface area contributed by atoms with Crippen LogP contribution >= 0.6 is 0 Å². The number of aliphatic hydroxyl groups is 3.